The summed E-state index contributed by atoms with van der Waals surface area (Å²) < 4.78 is 43.4. The zero-order valence-electron chi connectivity index (χ0n) is 27.9. The SMILES string of the molecule is Nc1ccn(C2OC(COP(=O)([O-])OP(=S)(OCC3c4ccccc4-c4ccccc43)OCC3c4ccccc4-c4ccccc43)C(O)C2O)c(=O)n1. The lowest BCUT2D eigenvalue weighted by Crippen LogP contribution is -2.36. The molecule has 0 saturated carbocycles. The first-order valence-electron chi connectivity index (χ1n) is 16.8. The third kappa shape index (κ3) is 6.98. The number of phosphoric acid groups is 1. The molecule has 0 radical (unpaired) electrons. The molecule has 0 amide bonds. The van der Waals surface area contributed by atoms with Crippen LogP contribution in [0.5, 0.6) is 0 Å². The van der Waals surface area contributed by atoms with Gasteiger partial charge in [0.15, 0.2) is 6.23 Å². The van der Waals surface area contributed by atoms with E-state index in [-0.39, 0.29) is 30.9 Å². The molecule has 3 aliphatic rings. The van der Waals surface area contributed by atoms with Gasteiger partial charge >= 0.3 is 12.4 Å². The fourth-order valence-electron chi connectivity index (χ4n) is 7.32. The van der Waals surface area contributed by atoms with Crippen LogP contribution in [0.25, 0.3) is 22.3 Å². The van der Waals surface area contributed by atoms with Crippen molar-refractivity contribution in [1.29, 1.82) is 0 Å². The lowest BCUT2D eigenvalue weighted by molar-refractivity contribution is -0.220. The summed E-state index contributed by atoms with van der Waals surface area (Å²) in [4.78, 5) is 29.5. The largest absolute Gasteiger partial charge is 0.756 e. The summed E-state index contributed by atoms with van der Waals surface area (Å²) in [6, 6.07) is 32.9. The minimum atomic E-state index is -5.33. The van der Waals surface area contributed by atoms with Gasteiger partial charge in [-0.25, -0.2) is 9.11 Å². The fraction of sp³-hybridized carbons (Fsp3) is 0.243. The monoisotopic (exact) mass is 774 g/mol. The molecule has 1 saturated heterocycles. The molecule has 1 fully saturated rings. The number of nitrogen functional groups attached to an aromatic ring is 1. The Balaban J connectivity index is 1.03. The molecule has 4 aromatic carbocycles. The van der Waals surface area contributed by atoms with Gasteiger partial charge in [-0.15, -0.1) is 0 Å². The molecule has 5 atom stereocenters. The van der Waals surface area contributed by atoms with Crippen LogP contribution in [0.4, 0.5) is 5.82 Å². The Kier molecular flexibility index (Phi) is 9.82. The second-order valence-corrected chi connectivity index (χ2v) is 17.5. The molecule has 2 aliphatic carbocycles. The van der Waals surface area contributed by atoms with E-state index in [1.54, 1.807) is 0 Å². The van der Waals surface area contributed by atoms with Crippen molar-refractivity contribution >= 4 is 32.2 Å². The fourth-order valence-corrected chi connectivity index (χ4v) is 11.0. The number of phosphoric ester groups is 1. The molecule has 5 aromatic rings. The standard InChI is InChI=1S/C37H35N3O10P2S/c38-33-17-18-40(37(43)39-33)36-35(42)34(41)32(49-36)21-46-51(44,45)50-52(53,47-19-30-26-13-5-1-9-22(26)23-10-2-6-14-27(23)30)48-20-31-28-15-7-3-11-24(28)25-12-4-8-16-29(25)31/h1-18,30-32,34-36,41-42H,19-21H2,(H,44,45)(H2,38,39,43)/p-1. The first-order valence-corrected chi connectivity index (χ1v) is 20.8. The van der Waals surface area contributed by atoms with Crippen LogP contribution in [-0.4, -0.2) is 57.9 Å². The van der Waals surface area contributed by atoms with Crippen LogP contribution in [0, 0.1) is 0 Å². The Morgan fingerprint density at radius 3 is 1.64 bits per heavy atom. The Bertz CT molecular complexity index is 2150. The van der Waals surface area contributed by atoms with Gasteiger partial charge in [-0.1, -0.05) is 97.1 Å². The normalized spacial score (nSPS) is 21.9. The maximum Gasteiger partial charge on any atom is 0.351 e. The smallest absolute Gasteiger partial charge is 0.351 e. The van der Waals surface area contributed by atoms with Crippen molar-refractivity contribution in [2.75, 3.05) is 25.6 Å². The zero-order chi connectivity index (χ0) is 36.9. The number of hydrogen-bond acceptors (Lipinski definition) is 13. The molecule has 0 spiro atoms. The molecular formula is C37H34N3O10P2S-. The Labute approximate surface area is 309 Å². The van der Waals surface area contributed by atoms with E-state index in [9.17, 15) is 24.5 Å². The number of aromatic nitrogens is 2. The quantitative estimate of drug-likeness (QED) is 0.147. The number of aliphatic hydroxyl groups is 2. The Hall–Kier alpha value is -3.88. The Morgan fingerprint density at radius 2 is 1.19 bits per heavy atom. The van der Waals surface area contributed by atoms with E-state index < -0.39 is 51.4 Å². The summed E-state index contributed by atoms with van der Waals surface area (Å²) in [7, 11) is -5.33. The molecule has 4 N–H and O–H groups in total. The predicted molar refractivity (Wildman–Crippen MR) is 197 cm³/mol. The molecule has 16 heteroatoms. The highest BCUT2D eigenvalue weighted by atomic mass is 32.5. The second kappa shape index (κ2) is 14.4. The lowest BCUT2D eigenvalue weighted by atomic mass is 9.98. The third-order valence-electron chi connectivity index (χ3n) is 9.78. The topological polar surface area (TPSA) is 188 Å². The number of nitrogens with two attached hydrogens (primary N) is 1. The van der Waals surface area contributed by atoms with Gasteiger partial charge in [0, 0.05) is 18.0 Å². The average Bonchev–Trinajstić information content (AvgIpc) is 3.75. The third-order valence-corrected chi connectivity index (χ3v) is 14.0. The first kappa shape index (κ1) is 36.1. The number of rotatable bonds is 12. The van der Waals surface area contributed by atoms with Gasteiger partial charge in [0.25, 0.3) is 7.82 Å². The molecule has 53 heavy (non-hydrogen) atoms. The van der Waals surface area contributed by atoms with Crippen molar-refractivity contribution < 1.29 is 42.3 Å². The van der Waals surface area contributed by atoms with E-state index in [4.69, 9.17) is 40.2 Å². The maximum absolute atomic E-state index is 13.5. The van der Waals surface area contributed by atoms with Crippen molar-refractivity contribution in [2.24, 2.45) is 0 Å². The number of aliphatic hydroxyl groups excluding tert-OH is 2. The Morgan fingerprint density at radius 1 is 0.736 bits per heavy atom. The summed E-state index contributed by atoms with van der Waals surface area (Å²) in [6.45, 7) is -5.02. The van der Waals surface area contributed by atoms with E-state index in [0.717, 1.165) is 49.1 Å². The molecule has 2 heterocycles. The van der Waals surface area contributed by atoms with Crippen LogP contribution in [0.2, 0.25) is 0 Å². The van der Waals surface area contributed by atoms with Gasteiger partial charge in [0.05, 0.1) is 19.8 Å². The van der Waals surface area contributed by atoms with Gasteiger partial charge in [0.1, 0.15) is 24.1 Å². The summed E-state index contributed by atoms with van der Waals surface area (Å²) in [5.41, 5.74) is 12.8. The van der Waals surface area contributed by atoms with Crippen molar-refractivity contribution in [2.45, 2.75) is 36.4 Å². The predicted octanol–water partition coefficient (Wildman–Crippen LogP) is 4.83. The van der Waals surface area contributed by atoms with Crippen molar-refractivity contribution in [3.8, 4) is 22.3 Å². The van der Waals surface area contributed by atoms with Gasteiger partial charge < -0.3 is 39.1 Å². The minimum Gasteiger partial charge on any atom is -0.756 e. The molecule has 274 valence electrons. The van der Waals surface area contributed by atoms with Gasteiger partial charge in [0.2, 0.25) is 0 Å². The van der Waals surface area contributed by atoms with Crippen LogP contribution < -0.4 is 16.3 Å². The average molecular weight is 775 g/mol. The van der Waals surface area contributed by atoms with Gasteiger partial charge in [-0.05, 0) is 62.4 Å². The van der Waals surface area contributed by atoms with Crippen molar-refractivity contribution in [1.82, 2.24) is 9.55 Å². The van der Waals surface area contributed by atoms with Crippen LogP contribution in [-0.2, 0) is 39.0 Å². The molecule has 5 unspecified atom stereocenters. The summed E-state index contributed by atoms with van der Waals surface area (Å²) in [5, 5.41) is 21.3. The highest BCUT2D eigenvalue weighted by molar-refractivity contribution is 8.08. The number of ether oxygens (including phenoxy) is 1. The number of nitrogens with zero attached hydrogens (tertiary/aromatic N) is 2. The molecule has 0 bridgehead atoms. The van der Waals surface area contributed by atoms with Crippen molar-refractivity contribution in [3.63, 3.8) is 0 Å². The van der Waals surface area contributed by atoms with E-state index in [2.05, 4.69) is 4.98 Å². The summed E-state index contributed by atoms with van der Waals surface area (Å²) >= 11 is 5.83. The van der Waals surface area contributed by atoms with Gasteiger partial charge in [-0.2, -0.15) is 4.98 Å². The van der Waals surface area contributed by atoms with Crippen molar-refractivity contribution in [3.05, 3.63) is 142 Å². The van der Waals surface area contributed by atoms with Crippen LogP contribution >= 0.6 is 14.5 Å². The molecular weight excluding hydrogens is 740 g/mol. The number of anilines is 1. The van der Waals surface area contributed by atoms with Gasteiger partial charge in [-0.3, -0.25) is 9.13 Å². The molecule has 1 aliphatic heterocycles. The number of hydrogen-bond donors (Lipinski definition) is 3. The molecule has 1 aromatic heterocycles. The number of benzene rings is 4. The molecule has 8 rings (SSSR count). The van der Waals surface area contributed by atoms with E-state index in [1.807, 2.05) is 97.1 Å². The summed E-state index contributed by atoms with van der Waals surface area (Å²) in [6.07, 6.45) is -4.79. The van der Waals surface area contributed by atoms with Crippen LogP contribution in [0.1, 0.15) is 40.3 Å². The van der Waals surface area contributed by atoms with E-state index >= 15 is 0 Å². The highest BCUT2D eigenvalue weighted by Gasteiger charge is 2.45. The lowest BCUT2D eigenvalue weighted by Gasteiger charge is -2.31. The minimum absolute atomic E-state index is 0.0496. The van der Waals surface area contributed by atoms with E-state index in [0.29, 0.717) is 0 Å². The molecule has 13 nitrogen and oxygen atoms in total. The van der Waals surface area contributed by atoms with E-state index in [1.165, 1.54) is 12.3 Å². The summed E-state index contributed by atoms with van der Waals surface area (Å²) in [5.74, 6) is -0.626. The van der Waals surface area contributed by atoms with Crippen LogP contribution in [0.15, 0.2) is 114 Å². The highest BCUT2D eigenvalue weighted by Crippen LogP contribution is 2.64. The maximum atomic E-state index is 13.5. The zero-order valence-corrected chi connectivity index (χ0v) is 30.5. The first-order chi connectivity index (χ1) is 25.5. The number of fused-ring (bicyclic) bond motifs is 6. The second-order valence-electron chi connectivity index (χ2n) is 12.9. The van der Waals surface area contributed by atoms with Crippen LogP contribution in [0.3, 0.4) is 0 Å².